The molecule has 2 amide bonds. The molecule has 5 heteroatoms. The standard InChI is InChI=1S/C24H29N3O2/c1-2-16-25-24(29)21-10-6-7-11-22(21)27-17-14-20(15-18-27)26-23(28)13-12-19-8-4-3-5-9-19/h2-11,20H,1,12-18H2,(H,25,29)(H,26,28). The van der Waals surface area contributed by atoms with Crippen LogP contribution in [-0.2, 0) is 11.2 Å². The smallest absolute Gasteiger partial charge is 0.253 e. The van der Waals surface area contributed by atoms with Crippen molar-refractivity contribution in [2.24, 2.45) is 0 Å². The molecule has 0 spiro atoms. The molecule has 0 aliphatic carbocycles. The van der Waals surface area contributed by atoms with Crippen molar-refractivity contribution >= 4 is 17.5 Å². The van der Waals surface area contributed by atoms with Crippen molar-refractivity contribution in [3.05, 3.63) is 78.4 Å². The Morgan fingerprint density at radius 2 is 1.72 bits per heavy atom. The summed E-state index contributed by atoms with van der Waals surface area (Å²) in [6.07, 6.45) is 4.70. The summed E-state index contributed by atoms with van der Waals surface area (Å²) in [6, 6.07) is 17.9. The molecule has 1 aliphatic rings. The Morgan fingerprint density at radius 3 is 2.45 bits per heavy atom. The first-order chi connectivity index (χ1) is 14.2. The maximum Gasteiger partial charge on any atom is 0.253 e. The number of carbonyl (C=O) groups excluding carboxylic acids is 2. The monoisotopic (exact) mass is 391 g/mol. The van der Waals surface area contributed by atoms with Crippen LogP contribution in [0.5, 0.6) is 0 Å². The second-order valence-corrected chi connectivity index (χ2v) is 7.33. The molecule has 1 aliphatic heterocycles. The van der Waals surface area contributed by atoms with Gasteiger partial charge in [-0.15, -0.1) is 6.58 Å². The van der Waals surface area contributed by atoms with E-state index in [9.17, 15) is 9.59 Å². The molecule has 0 saturated carbocycles. The van der Waals surface area contributed by atoms with E-state index in [1.165, 1.54) is 5.56 Å². The lowest BCUT2D eigenvalue weighted by molar-refractivity contribution is -0.121. The molecule has 1 fully saturated rings. The van der Waals surface area contributed by atoms with E-state index >= 15 is 0 Å². The minimum absolute atomic E-state index is 0.0863. The Kier molecular flexibility index (Phi) is 7.45. The fraction of sp³-hybridized carbons (Fsp3) is 0.333. The molecular weight excluding hydrogens is 362 g/mol. The van der Waals surface area contributed by atoms with E-state index in [4.69, 9.17) is 0 Å². The van der Waals surface area contributed by atoms with Crippen LogP contribution in [0.25, 0.3) is 0 Å². The molecular formula is C24H29N3O2. The molecule has 0 aromatic heterocycles. The van der Waals surface area contributed by atoms with E-state index in [0.717, 1.165) is 38.0 Å². The minimum Gasteiger partial charge on any atom is -0.371 e. The predicted molar refractivity (Wildman–Crippen MR) is 117 cm³/mol. The van der Waals surface area contributed by atoms with Crippen LogP contribution in [0.2, 0.25) is 0 Å². The quantitative estimate of drug-likeness (QED) is 0.679. The van der Waals surface area contributed by atoms with E-state index < -0.39 is 0 Å². The molecule has 3 rings (SSSR count). The number of anilines is 1. The Morgan fingerprint density at radius 1 is 1.03 bits per heavy atom. The molecule has 2 N–H and O–H groups in total. The highest BCUT2D eigenvalue weighted by Gasteiger charge is 2.23. The number of para-hydroxylation sites is 1. The third-order valence-electron chi connectivity index (χ3n) is 5.24. The van der Waals surface area contributed by atoms with Crippen LogP contribution in [0.4, 0.5) is 5.69 Å². The van der Waals surface area contributed by atoms with E-state index in [1.54, 1.807) is 6.08 Å². The average Bonchev–Trinajstić information content (AvgIpc) is 2.77. The molecule has 1 saturated heterocycles. The molecule has 29 heavy (non-hydrogen) atoms. The summed E-state index contributed by atoms with van der Waals surface area (Å²) in [5.74, 6) is 0.0216. The van der Waals surface area contributed by atoms with E-state index in [1.807, 2.05) is 42.5 Å². The highest BCUT2D eigenvalue weighted by atomic mass is 16.2. The first kappa shape index (κ1) is 20.6. The van der Waals surface area contributed by atoms with Crippen molar-refractivity contribution in [1.82, 2.24) is 10.6 Å². The number of carbonyl (C=O) groups is 2. The topological polar surface area (TPSA) is 61.4 Å². The second kappa shape index (κ2) is 10.5. The summed E-state index contributed by atoms with van der Waals surface area (Å²) >= 11 is 0. The van der Waals surface area contributed by atoms with Crippen LogP contribution >= 0.6 is 0 Å². The molecule has 2 aromatic carbocycles. The number of nitrogens with zero attached hydrogens (tertiary/aromatic N) is 1. The second-order valence-electron chi connectivity index (χ2n) is 7.33. The van der Waals surface area contributed by atoms with Gasteiger partial charge in [0.25, 0.3) is 5.91 Å². The lowest BCUT2D eigenvalue weighted by Gasteiger charge is -2.35. The van der Waals surface area contributed by atoms with Crippen molar-refractivity contribution in [3.8, 4) is 0 Å². The van der Waals surface area contributed by atoms with Gasteiger partial charge in [0.15, 0.2) is 0 Å². The summed E-state index contributed by atoms with van der Waals surface area (Å²) < 4.78 is 0. The van der Waals surface area contributed by atoms with E-state index in [0.29, 0.717) is 18.5 Å². The third-order valence-corrected chi connectivity index (χ3v) is 5.24. The van der Waals surface area contributed by atoms with Gasteiger partial charge in [0.05, 0.1) is 5.56 Å². The van der Waals surface area contributed by atoms with Gasteiger partial charge in [-0.05, 0) is 37.0 Å². The fourth-order valence-corrected chi connectivity index (χ4v) is 3.67. The number of piperidine rings is 1. The van der Waals surface area contributed by atoms with Gasteiger partial charge in [0.2, 0.25) is 5.91 Å². The Labute approximate surface area is 172 Å². The van der Waals surface area contributed by atoms with Gasteiger partial charge >= 0.3 is 0 Å². The number of amides is 2. The largest absolute Gasteiger partial charge is 0.371 e. The first-order valence-corrected chi connectivity index (χ1v) is 10.2. The molecule has 0 unspecified atom stereocenters. The Bertz CT molecular complexity index is 827. The number of hydrogen-bond donors (Lipinski definition) is 2. The fourth-order valence-electron chi connectivity index (χ4n) is 3.67. The molecule has 2 aromatic rings. The predicted octanol–water partition coefficient (Wildman–Crippen LogP) is 3.32. The number of aryl methyl sites for hydroxylation is 1. The van der Waals surface area contributed by atoms with E-state index in [2.05, 4.69) is 34.2 Å². The molecule has 0 atom stereocenters. The van der Waals surface area contributed by atoms with Crippen molar-refractivity contribution in [2.45, 2.75) is 31.7 Å². The summed E-state index contributed by atoms with van der Waals surface area (Å²) in [4.78, 5) is 26.9. The normalized spacial score (nSPS) is 14.3. The van der Waals surface area contributed by atoms with Gasteiger partial charge in [-0.2, -0.15) is 0 Å². The average molecular weight is 392 g/mol. The van der Waals surface area contributed by atoms with Gasteiger partial charge in [0, 0.05) is 37.8 Å². The van der Waals surface area contributed by atoms with Crippen LogP contribution in [0.3, 0.4) is 0 Å². The Balaban J connectivity index is 1.50. The van der Waals surface area contributed by atoms with Crippen molar-refractivity contribution in [1.29, 1.82) is 0 Å². The SMILES string of the molecule is C=CCNC(=O)c1ccccc1N1CCC(NC(=O)CCc2ccccc2)CC1. The summed E-state index contributed by atoms with van der Waals surface area (Å²) in [7, 11) is 0. The van der Waals surface area contributed by atoms with Crippen LogP contribution < -0.4 is 15.5 Å². The minimum atomic E-state index is -0.0863. The van der Waals surface area contributed by atoms with Gasteiger partial charge in [0.1, 0.15) is 0 Å². The van der Waals surface area contributed by atoms with Gasteiger partial charge in [-0.25, -0.2) is 0 Å². The lowest BCUT2D eigenvalue weighted by atomic mass is 10.0. The number of rotatable bonds is 8. The van der Waals surface area contributed by atoms with Crippen LogP contribution in [-0.4, -0.2) is 37.5 Å². The third kappa shape index (κ3) is 5.95. The zero-order valence-corrected chi connectivity index (χ0v) is 16.8. The van der Waals surface area contributed by atoms with Crippen LogP contribution in [0.15, 0.2) is 67.3 Å². The summed E-state index contributed by atoms with van der Waals surface area (Å²) in [6.45, 7) is 5.72. The number of hydrogen-bond acceptors (Lipinski definition) is 3. The zero-order chi connectivity index (χ0) is 20.5. The van der Waals surface area contributed by atoms with Crippen molar-refractivity contribution < 1.29 is 9.59 Å². The van der Waals surface area contributed by atoms with Crippen molar-refractivity contribution in [3.63, 3.8) is 0 Å². The summed E-state index contributed by atoms with van der Waals surface area (Å²) in [5.41, 5.74) is 2.81. The lowest BCUT2D eigenvalue weighted by Crippen LogP contribution is -2.45. The van der Waals surface area contributed by atoms with E-state index in [-0.39, 0.29) is 17.9 Å². The number of nitrogens with one attached hydrogen (secondary N) is 2. The highest BCUT2D eigenvalue weighted by Crippen LogP contribution is 2.24. The van der Waals surface area contributed by atoms with Crippen LogP contribution in [0.1, 0.15) is 35.2 Å². The zero-order valence-electron chi connectivity index (χ0n) is 16.8. The maximum atomic E-state index is 12.4. The van der Waals surface area contributed by atoms with Gasteiger partial charge < -0.3 is 15.5 Å². The Hall–Kier alpha value is -3.08. The maximum absolute atomic E-state index is 12.4. The van der Waals surface area contributed by atoms with Gasteiger partial charge in [-0.1, -0.05) is 48.5 Å². The van der Waals surface area contributed by atoms with Crippen LogP contribution in [0, 0.1) is 0 Å². The first-order valence-electron chi connectivity index (χ1n) is 10.2. The number of benzene rings is 2. The summed E-state index contributed by atoms with van der Waals surface area (Å²) in [5, 5.41) is 6.02. The highest BCUT2D eigenvalue weighted by molar-refractivity contribution is 5.99. The molecule has 5 nitrogen and oxygen atoms in total. The van der Waals surface area contributed by atoms with Crippen molar-refractivity contribution in [2.75, 3.05) is 24.5 Å². The van der Waals surface area contributed by atoms with Gasteiger partial charge in [-0.3, -0.25) is 9.59 Å². The molecule has 1 heterocycles. The molecule has 0 radical (unpaired) electrons. The molecule has 152 valence electrons. The molecule has 0 bridgehead atoms.